The normalized spacial score (nSPS) is 11.6. The fourth-order valence-corrected chi connectivity index (χ4v) is 2.71. The smallest absolute Gasteiger partial charge is 0.252 e. The van der Waals surface area contributed by atoms with Gasteiger partial charge >= 0.3 is 0 Å². The molecule has 0 aliphatic carbocycles. The summed E-state index contributed by atoms with van der Waals surface area (Å²) >= 11 is 12.0. The lowest BCUT2D eigenvalue weighted by atomic mass is 10.1. The number of carbonyl (C=O) groups is 2. The van der Waals surface area contributed by atoms with Crippen LogP contribution in [0.2, 0.25) is 10.0 Å². The Morgan fingerprint density at radius 3 is 2.17 bits per heavy atom. The van der Waals surface area contributed by atoms with Crippen LogP contribution in [0.25, 0.3) is 0 Å². The molecule has 5 nitrogen and oxygen atoms in total. The van der Waals surface area contributed by atoms with Gasteiger partial charge in [0.25, 0.3) is 5.91 Å². The number of nitrogens with one attached hydrogen (secondary N) is 1. The molecule has 0 aromatic heterocycles. The van der Waals surface area contributed by atoms with Gasteiger partial charge in [0.05, 0.1) is 17.2 Å². The fourth-order valence-electron chi connectivity index (χ4n) is 2.06. The van der Waals surface area contributed by atoms with Crippen LogP contribution in [0.5, 0.6) is 5.75 Å². The van der Waals surface area contributed by atoms with Crippen LogP contribution in [0.4, 0.5) is 0 Å². The standard InChI is InChI=1S/C16H14Cl2N2O3/c1-23-14-11(17)7-10(8-12(14)18)16(22)20-13(15(19)21)9-5-3-2-4-6-9/h2-8,13H,1H3,(H2,19,21)(H,20,22)/t13-/m0/s1. The second-order valence-corrected chi connectivity index (χ2v) is 5.51. The van der Waals surface area contributed by atoms with Crippen molar-refractivity contribution in [3.63, 3.8) is 0 Å². The maximum atomic E-state index is 12.4. The van der Waals surface area contributed by atoms with Crippen molar-refractivity contribution in [2.75, 3.05) is 7.11 Å². The SMILES string of the molecule is COc1c(Cl)cc(C(=O)N[C@H](C(N)=O)c2ccccc2)cc1Cl. The fraction of sp³-hybridized carbons (Fsp3) is 0.125. The highest BCUT2D eigenvalue weighted by Crippen LogP contribution is 2.33. The molecule has 0 aliphatic rings. The second-order valence-electron chi connectivity index (χ2n) is 4.69. The van der Waals surface area contributed by atoms with E-state index in [0.29, 0.717) is 5.56 Å². The lowest BCUT2D eigenvalue weighted by molar-refractivity contribution is -0.120. The van der Waals surface area contributed by atoms with Gasteiger partial charge in [-0.15, -0.1) is 0 Å². The number of rotatable bonds is 5. The minimum Gasteiger partial charge on any atom is -0.494 e. The van der Waals surface area contributed by atoms with E-state index >= 15 is 0 Å². The summed E-state index contributed by atoms with van der Waals surface area (Å²) < 4.78 is 5.03. The van der Waals surface area contributed by atoms with E-state index in [1.54, 1.807) is 30.3 Å². The monoisotopic (exact) mass is 352 g/mol. The van der Waals surface area contributed by atoms with Crippen LogP contribution >= 0.6 is 23.2 Å². The Bertz CT molecular complexity index is 712. The molecule has 1 atom stereocenters. The highest BCUT2D eigenvalue weighted by atomic mass is 35.5. The molecule has 7 heteroatoms. The van der Waals surface area contributed by atoms with E-state index in [1.807, 2.05) is 0 Å². The number of methoxy groups -OCH3 is 1. The van der Waals surface area contributed by atoms with Crippen molar-refractivity contribution in [2.24, 2.45) is 5.73 Å². The Kier molecular flexibility index (Phi) is 5.47. The van der Waals surface area contributed by atoms with Crippen LogP contribution in [0, 0.1) is 0 Å². The van der Waals surface area contributed by atoms with E-state index in [2.05, 4.69) is 5.32 Å². The molecule has 120 valence electrons. The Labute approximate surface area is 143 Å². The average molecular weight is 353 g/mol. The van der Waals surface area contributed by atoms with E-state index in [9.17, 15) is 9.59 Å². The maximum absolute atomic E-state index is 12.4. The van der Waals surface area contributed by atoms with Gasteiger partial charge in [-0.05, 0) is 17.7 Å². The molecule has 0 aliphatic heterocycles. The zero-order valence-electron chi connectivity index (χ0n) is 12.2. The summed E-state index contributed by atoms with van der Waals surface area (Å²) in [4.78, 5) is 24.0. The van der Waals surface area contributed by atoms with Crippen molar-refractivity contribution >= 4 is 35.0 Å². The Morgan fingerprint density at radius 2 is 1.70 bits per heavy atom. The predicted molar refractivity (Wildman–Crippen MR) is 88.9 cm³/mol. The zero-order valence-corrected chi connectivity index (χ0v) is 13.7. The van der Waals surface area contributed by atoms with Crippen molar-refractivity contribution in [3.8, 4) is 5.75 Å². The first kappa shape index (κ1) is 17.1. The molecule has 2 amide bonds. The maximum Gasteiger partial charge on any atom is 0.252 e. The highest BCUT2D eigenvalue weighted by Gasteiger charge is 2.22. The number of hydrogen-bond donors (Lipinski definition) is 2. The number of benzene rings is 2. The third-order valence-corrected chi connectivity index (χ3v) is 3.72. The number of amides is 2. The van der Waals surface area contributed by atoms with Gasteiger partial charge in [0.15, 0.2) is 5.75 Å². The molecule has 2 rings (SSSR count). The summed E-state index contributed by atoms with van der Waals surface area (Å²) in [5.41, 5.74) is 6.15. The Hall–Kier alpha value is -2.24. The molecule has 0 radical (unpaired) electrons. The molecule has 23 heavy (non-hydrogen) atoms. The first-order valence-corrected chi connectivity index (χ1v) is 7.37. The van der Waals surface area contributed by atoms with Gasteiger partial charge in [-0.3, -0.25) is 9.59 Å². The largest absolute Gasteiger partial charge is 0.494 e. The lowest BCUT2D eigenvalue weighted by Gasteiger charge is -2.16. The van der Waals surface area contributed by atoms with Crippen molar-refractivity contribution in [1.29, 1.82) is 0 Å². The number of halogens is 2. The average Bonchev–Trinajstić information content (AvgIpc) is 2.52. The minimum atomic E-state index is -0.955. The van der Waals surface area contributed by atoms with Crippen molar-refractivity contribution < 1.29 is 14.3 Å². The van der Waals surface area contributed by atoms with E-state index in [-0.39, 0.29) is 21.4 Å². The molecule has 3 N–H and O–H groups in total. The molecular formula is C16H14Cl2N2O3. The minimum absolute atomic E-state index is 0.195. The molecule has 0 heterocycles. The van der Waals surface area contributed by atoms with Gasteiger partial charge < -0.3 is 15.8 Å². The highest BCUT2D eigenvalue weighted by molar-refractivity contribution is 6.37. The zero-order chi connectivity index (χ0) is 17.0. The van der Waals surface area contributed by atoms with Gasteiger partial charge in [-0.1, -0.05) is 53.5 Å². The third kappa shape index (κ3) is 3.94. The lowest BCUT2D eigenvalue weighted by Crippen LogP contribution is -2.37. The van der Waals surface area contributed by atoms with Crippen LogP contribution < -0.4 is 15.8 Å². The molecule has 0 saturated carbocycles. The summed E-state index contributed by atoms with van der Waals surface area (Å²) in [6.45, 7) is 0. The molecule has 2 aromatic carbocycles. The van der Waals surface area contributed by atoms with Crippen LogP contribution in [0.3, 0.4) is 0 Å². The van der Waals surface area contributed by atoms with Crippen molar-refractivity contribution in [1.82, 2.24) is 5.32 Å². The van der Waals surface area contributed by atoms with Crippen LogP contribution in [-0.2, 0) is 4.79 Å². The number of primary amides is 1. The predicted octanol–water partition coefficient (Wildman–Crippen LogP) is 2.96. The summed E-state index contributed by atoms with van der Waals surface area (Å²) in [5, 5.41) is 2.96. The second kappa shape index (κ2) is 7.35. The summed E-state index contributed by atoms with van der Waals surface area (Å²) in [6, 6.07) is 10.6. The number of carbonyl (C=O) groups excluding carboxylic acids is 2. The number of hydrogen-bond acceptors (Lipinski definition) is 3. The molecular weight excluding hydrogens is 339 g/mol. The summed E-state index contributed by atoms with van der Waals surface area (Å²) in [5.74, 6) is -0.918. The first-order valence-electron chi connectivity index (χ1n) is 6.62. The molecule has 0 spiro atoms. The topological polar surface area (TPSA) is 81.4 Å². The molecule has 0 saturated heterocycles. The molecule has 0 fully saturated rings. The Morgan fingerprint density at radius 1 is 1.13 bits per heavy atom. The quantitative estimate of drug-likeness (QED) is 0.867. The number of ether oxygens (including phenoxy) is 1. The van der Waals surface area contributed by atoms with Gasteiger partial charge in [0.1, 0.15) is 6.04 Å². The third-order valence-electron chi connectivity index (χ3n) is 3.16. The van der Waals surface area contributed by atoms with Gasteiger partial charge in [0, 0.05) is 5.56 Å². The first-order chi connectivity index (χ1) is 10.9. The number of nitrogens with two attached hydrogens (primary N) is 1. The van der Waals surface area contributed by atoms with Crippen molar-refractivity contribution in [3.05, 3.63) is 63.6 Å². The summed E-state index contributed by atoms with van der Waals surface area (Å²) in [6.07, 6.45) is 0. The van der Waals surface area contributed by atoms with E-state index in [0.717, 1.165) is 0 Å². The van der Waals surface area contributed by atoms with Gasteiger partial charge in [-0.2, -0.15) is 0 Å². The molecule has 0 bridgehead atoms. The van der Waals surface area contributed by atoms with Gasteiger partial charge in [0.2, 0.25) is 5.91 Å². The van der Waals surface area contributed by atoms with Gasteiger partial charge in [-0.25, -0.2) is 0 Å². The van der Waals surface area contributed by atoms with Crippen molar-refractivity contribution in [2.45, 2.75) is 6.04 Å². The van der Waals surface area contributed by atoms with Crippen LogP contribution in [-0.4, -0.2) is 18.9 Å². The van der Waals surface area contributed by atoms with Crippen LogP contribution in [0.15, 0.2) is 42.5 Å². The van der Waals surface area contributed by atoms with E-state index < -0.39 is 17.9 Å². The summed E-state index contributed by atoms with van der Waals surface area (Å²) in [7, 11) is 1.42. The van der Waals surface area contributed by atoms with E-state index in [4.69, 9.17) is 33.7 Å². The molecule has 2 aromatic rings. The molecule has 0 unspecified atom stereocenters. The van der Waals surface area contributed by atoms with Crippen LogP contribution in [0.1, 0.15) is 22.0 Å². The van der Waals surface area contributed by atoms with E-state index in [1.165, 1.54) is 19.2 Å². The Balaban J connectivity index is 2.28.